The topological polar surface area (TPSA) is 116 Å². The van der Waals surface area contributed by atoms with Gasteiger partial charge in [0.05, 0.1) is 19.3 Å². The first kappa shape index (κ1) is 23.0. The van der Waals surface area contributed by atoms with Crippen molar-refractivity contribution >= 4 is 17.9 Å². The fourth-order valence-corrected chi connectivity index (χ4v) is 5.23. The van der Waals surface area contributed by atoms with Crippen molar-refractivity contribution in [1.82, 2.24) is 15.2 Å². The molecule has 1 saturated heterocycles. The number of fused-ring (bicyclic) bond motifs is 1. The molecule has 0 spiro atoms. The zero-order valence-electron chi connectivity index (χ0n) is 20.1. The molecule has 0 unspecified atom stereocenters. The molecular weight excluding hydrogens is 444 g/mol. The lowest BCUT2D eigenvalue weighted by Crippen LogP contribution is -2.39. The van der Waals surface area contributed by atoms with E-state index in [4.69, 9.17) is 15.2 Å². The number of nitrogens with two attached hydrogens (primary N) is 1. The van der Waals surface area contributed by atoms with Crippen LogP contribution >= 0.6 is 0 Å². The van der Waals surface area contributed by atoms with E-state index in [1.807, 2.05) is 25.3 Å². The molecule has 1 amide bonds. The number of piperidine rings is 1. The van der Waals surface area contributed by atoms with Gasteiger partial charge in [0.1, 0.15) is 11.9 Å². The van der Waals surface area contributed by atoms with E-state index in [0.717, 1.165) is 61.5 Å². The van der Waals surface area contributed by atoms with Gasteiger partial charge in [0.25, 0.3) is 5.91 Å². The van der Waals surface area contributed by atoms with Crippen LogP contribution in [0.5, 0.6) is 11.6 Å². The van der Waals surface area contributed by atoms with Crippen LogP contribution in [0.2, 0.25) is 0 Å². The van der Waals surface area contributed by atoms with Crippen molar-refractivity contribution in [3.63, 3.8) is 0 Å². The molecule has 182 valence electrons. The summed E-state index contributed by atoms with van der Waals surface area (Å²) in [7, 11) is 1.59. The summed E-state index contributed by atoms with van der Waals surface area (Å²) in [5.74, 6) is 1.69. The third-order valence-electron chi connectivity index (χ3n) is 7.01. The quantitative estimate of drug-likeness (QED) is 0.684. The Kier molecular flexibility index (Phi) is 6.48. The van der Waals surface area contributed by atoms with Crippen LogP contribution in [0.1, 0.15) is 53.2 Å². The van der Waals surface area contributed by atoms with Gasteiger partial charge in [0.2, 0.25) is 5.88 Å². The van der Waals surface area contributed by atoms with Crippen LogP contribution in [0, 0.1) is 6.92 Å². The van der Waals surface area contributed by atoms with Crippen LogP contribution in [0.25, 0.3) is 0 Å². The number of aromatic nitrogens is 3. The summed E-state index contributed by atoms with van der Waals surface area (Å²) in [6, 6.07) is 3.78. The number of carbonyl (C=O) groups excluding carboxylic acids is 1. The Labute approximate surface area is 204 Å². The van der Waals surface area contributed by atoms with Gasteiger partial charge in [-0.25, -0.2) is 4.98 Å². The van der Waals surface area contributed by atoms with Gasteiger partial charge in [-0.05, 0) is 54.5 Å². The molecule has 2 aliphatic heterocycles. The molecular formula is C26H30N6O3. The molecule has 0 radical (unpaired) electrons. The predicted octanol–water partition coefficient (Wildman–Crippen LogP) is 3.15. The van der Waals surface area contributed by atoms with E-state index in [-0.39, 0.29) is 23.8 Å². The van der Waals surface area contributed by atoms with Gasteiger partial charge in [-0.15, -0.1) is 10.2 Å². The summed E-state index contributed by atoms with van der Waals surface area (Å²) in [6.45, 7) is 3.60. The lowest BCUT2D eigenvalue weighted by molar-refractivity contribution is 0.0992. The predicted molar refractivity (Wildman–Crippen MR) is 133 cm³/mol. The van der Waals surface area contributed by atoms with Crippen molar-refractivity contribution in [2.75, 3.05) is 25.1 Å². The maximum atomic E-state index is 12.3. The Balaban J connectivity index is 1.32. The average molecular weight is 475 g/mol. The Bertz CT molecular complexity index is 1180. The van der Waals surface area contributed by atoms with E-state index in [2.05, 4.69) is 37.2 Å². The number of carbonyl (C=O) groups is 1. The summed E-state index contributed by atoms with van der Waals surface area (Å²) in [5, 5.41) is 8.75. The molecule has 0 saturated carbocycles. The Morgan fingerprint density at radius 2 is 2.03 bits per heavy atom. The number of aliphatic imine (C=N–C) groups is 1. The van der Waals surface area contributed by atoms with Crippen molar-refractivity contribution in [3.05, 3.63) is 59.0 Å². The van der Waals surface area contributed by atoms with Crippen molar-refractivity contribution in [2.45, 2.75) is 50.7 Å². The molecule has 2 atom stereocenters. The monoisotopic (exact) mass is 474 g/mol. The maximum Gasteiger partial charge on any atom is 0.269 e. The van der Waals surface area contributed by atoms with Crippen molar-refractivity contribution in [2.24, 2.45) is 10.7 Å². The number of amides is 1. The molecule has 1 aliphatic carbocycles. The molecule has 4 heterocycles. The smallest absolute Gasteiger partial charge is 0.269 e. The number of ether oxygens (including phenoxy) is 2. The fourth-order valence-electron chi connectivity index (χ4n) is 5.23. The minimum Gasteiger partial charge on any atom is -0.489 e. The Hall–Kier alpha value is -3.75. The summed E-state index contributed by atoms with van der Waals surface area (Å²) >= 11 is 0. The molecule has 35 heavy (non-hydrogen) atoms. The number of methoxy groups -OCH3 is 1. The fraction of sp³-hybridized carbons (Fsp3) is 0.423. The highest BCUT2D eigenvalue weighted by Crippen LogP contribution is 2.39. The molecule has 5 rings (SSSR count). The van der Waals surface area contributed by atoms with Crippen LogP contribution in [0.3, 0.4) is 0 Å². The lowest BCUT2D eigenvalue weighted by atomic mass is 9.79. The number of anilines is 1. The Morgan fingerprint density at radius 1 is 1.20 bits per heavy atom. The number of allylic oxidation sites excluding steroid dienone is 2. The van der Waals surface area contributed by atoms with Gasteiger partial charge in [-0.1, -0.05) is 12.2 Å². The number of pyridine rings is 1. The van der Waals surface area contributed by atoms with E-state index < -0.39 is 5.91 Å². The third-order valence-corrected chi connectivity index (χ3v) is 7.01. The van der Waals surface area contributed by atoms with Gasteiger partial charge in [-0.3, -0.25) is 9.79 Å². The van der Waals surface area contributed by atoms with Crippen LogP contribution in [0.4, 0.5) is 5.82 Å². The second-order valence-electron chi connectivity index (χ2n) is 9.16. The van der Waals surface area contributed by atoms with Crippen molar-refractivity contribution in [3.8, 4) is 11.6 Å². The molecule has 9 heteroatoms. The zero-order valence-corrected chi connectivity index (χ0v) is 20.1. The van der Waals surface area contributed by atoms with Crippen LogP contribution in [-0.4, -0.2) is 59.6 Å². The van der Waals surface area contributed by atoms with Gasteiger partial charge in [0, 0.05) is 38.2 Å². The molecule has 2 aromatic heterocycles. The SMILES string of the molecule is COc1ccc(OC2CCN(c3nnc(C(N)=O)c([C@@H]4CC=C5C=CC=N[C@@H]5C4)c3C)CC2)cn1. The molecule has 2 N–H and O–H groups in total. The highest BCUT2D eigenvalue weighted by molar-refractivity contribution is 5.93. The minimum atomic E-state index is -0.538. The molecule has 2 aromatic rings. The van der Waals surface area contributed by atoms with Gasteiger partial charge < -0.3 is 20.1 Å². The van der Waals surface area contributed by atoms with Crippen molar-refractivity contribution < 1.29 is 14.3 Å². The van der Waals surface area contributed by atoms with Gasteiger partial charge >= 0.3 is 0 Å². The highest BCUT2D eigenvalue weighted by atomic mass is 16.5. The van der Waals surface area contributed by atoms with E-state index in [1.165, 1.54) is 5.57 Å². The largest absolute Gasteiger partial charge is 0.489 e. The minimum absolute atomic E-state index is 0.0955. The zero-order chi connectivity index (χ0) is 24.4. The average Bonchev–Trinajstić information content (AvgIpc) is 2.89. The number of hydrogen-bond donors (Lipinski definition) is 1. The highest BCUT2D eigenvalue weighted by Gasteiger charge is 2.32. The lowest BCUT2D eigenvalue weighted by Gasteiger charge is -2.35. The number of primary amides is 1. The standard InChI is InChI=1S/C26H30N6O3/c1-16-23(18-6-5-17-4-3-11-28-21(17)14-18)24(25(27)33)30-31-26(16)32-12-9-19(10-13-32)35-20-7-8-22(34-2)29-15-20/h3-5,7-8,11,15,18-19,21H,6,9-10,12-14H2,1-2H3,(H2,27,33)/t18-,21-/m1/s1. The van der Waals surface area contributed by atoms with E-state index in [0.29, 0.717) is 5.88 Å². The van der Waals surface area contributed by atoms with Gasteiger partial charge in [0.15, 0.2) is 11.5 Å². The normalized spacial score (nSPS) is 21.9. The van der Waals surface area contributed by atoms with Crippen molar-refractivity contribution in [1.29, 1.82) is 0 Å². The molecule has 3 aliphatic rings. The number of nitrogens with zero attached hydrogens (tertiary/aromatic N) is 5. The Morgan fingerprint density at radius 3 is 2.74 bits per heavy atom. The number of rotatable bonds is 6. The summed E-state index contributed by atoms with van der Waals surface area (Å²) in [5.41, 5.74) is 9.11. The second kappa shape index (κ2) is 9.85. The van der Waals surface area contributed by atoms with E-state index >= 15 is 0 Å². The van der Waals surface area contributed by atoms with Gasteiger partial charge in [-0.2, -0.15) is 0 Å². The molecule has 0 bridgehead atoms. The first-order valence-corrected chi connectivity index (χ1v) is 12.0. The van der Waals surface area contributed by atoms with Crippen LogP contribution in [0.15, 0.2) is 47.1 Å². The summed E-state index contributed by atoms with van der Waals surface area (Å²) < 4.78 is 11.2. The van der Waals surface area contributed by atoms with E-state index in [9.17, 15) is 4.79 Å². The molecule has 0 aromatic carbocycles. The summed E-state index contributed by atoms with van der Waals surface area (Å²) in [6.07, 6.45) is 13.3. The summed E-state index contributed by atoms with van der Waals surface area (Å²) in [4.78, 5) is 23.3. The number of hydrogen-bond acceptors (Lipinski definition) is 8. The van der Waals surface area contributed by atoms with E-state index in [1.54, 1.807) is 19.4 Å². The second-order valence-corrected chi connectivity index (χ2v) is 9.16. The maximum absolute atomic E-state index is 12.3. The molecule has 1 fully saturated rings. The first-order chi connectivity index (χ1) is 17.0. The van der Waals surface area contributed by atoms with Crippen LogP contribution in [-0.2, 0) is 0 Å². The number of dihydropyridines is 1. The third kappa shape index (κ3) is 4.76. The molecule has 9 nitrogen and oxygen atoms in total. The van der Waals surface area contributed by atoms with Crippen LogP contribution < -0.4 is 20.1 Å². The first-order valence-electron chi connectivity index (χ1n) is 12.0.